The summed E-state index contributed by atoms with van der Waals surface area (Å²) in [7, 11) is 0. The number of ketones is 1. The zero-order valence-electron chi connectivity index (χ0n) is 12.8. The Bertz CT molecular complexity index is 751. The molecule has 1 aromatic rings. The van der Waals surface area contributed by atoms with Crippen molar-refractivity contribution in [3.05, 3.63) is 39.4 Å². The summed E-state index contributed by atoms with van der Waals surface area (Å²) in [6.07, 6.45) is 0. The summed E-state index contributed by atoms with van der Waals surface area (Å²) in [5.74, 6) is -3.13. The summed E-state index contributed by atoms with van der Waals surface area (Å²) < 4.78 is 0.748. The number of carboxylic acid groups (broad SMARTS) is 1. The number of amides is 1. The molecule has 6 nitrogen and oxygen atoms in total. The molecule has 1 aliphatic carbocycles. The fourth-order valence-electron chi connectivity index (χ4n) is 2.46. The number of carbonyl (C=O) groups is 3. The smallest absolute Gasteiger partial charge is 0.325 e. The van der Waals surface area contributed by atoms with Crippen LogP contribution in [-0.4, -0.2) is 33.9 Å². The van der Waals surface area contributed by atoms with Gasteiger partial charge < -0.3 is 15.5 Å². The molecule has 0 saturated carbocycles. The number of rotatable bonds is 3. The molecule has 1 aliphatic rings. The summed E-state index contributed by atoms with van der Waals surface area (Å²) >= 11 is 3.32. The van der Waals surface area contributed by atoms with Gasteiger partial charge in [-0.25, -0.2) is 0 Å². The van der Waals surface area contributed by atoms with Crippen molar-refractivity contribution in [3.8, 4) is 0 Å². The zero-order chi connectivity index (χ0) is 17.5. The molecule has 0 radical (unpaired) electrons. The molecule has 0 saturated heterocycles. The van der Waals surface area contributed by atoms with E-state index in [1.54, 1.807) is 32.0 Å². The van der Waals surface area contributed by atoms with Crippen molar-refractivity contribution in [2.45, 2.75) is 32.2 Å². The number of aliphatic carboxylic acids is 1. The van der Waals surface area contributed by atoms with E-state index < -0.39 is 40.4 Å². The molecule has 0 spiro atoms. The molecule has 0 aromatic heterocycles. The van der Waals surface area contributed by atoms with Crippen LogP contribution >= 0.6 is 15.9 Å². The van der Waals surface area contributed by atoms with Crippen LogP contribution in [0.4, 0.5) is 0 Å². The van der Waals surface area contributed by atoms with Crippen LogP contribution in [0.25, 0.3) is 5.76 Å². The van der Waals surface area contributed by atoms with E-state index in [0.717, 1.165) is 4.47 Å². The fourth-order valence-corrected chi connectivity index (χ4v) is 2.82. The standard InChI is InChI=1S/C16H16BrNO5/c1-7(15(22)23)18-14(21)11-12(19)9-5-4-8(17)6-10(9)16(2,3)13(11)20/h4-7,19H,1-3H3,(H,18,21)(H,22,23)/t7-/m0/s1. The molecule has 0 heterocycles. The van der Waals surface area contributed by atoms with Crippen molar-refractivity contribution in [1.29, 1.82) is 0 Å². The molecule has 1 amide bonds. The highest BCUT2D eigenvalue weighted by atomic mass is 79.9. The maximum atomic E-state index is 12.7. The minimum Gasteiger partial charge on any atom is -0.506 e. The predicted octanol–water partition coefficient (Wildman–Crippen LogP) is 2.17. The number of nitrogens with one attached hydrogen (secondary N) is 1. The predicted molar refractivity (Wildman–Crippen MR) is 87.0 cm³/mol. The van der Waals surface area contributed by atoms with Crippen LogP contribution in [0.1, 0.15) is 31.9 Å². The van der Waals surface area contributed by atoms with E-state index in [1.807, 2.05) is 0 Å². The van der Waals surface area contributed by atoms with Gasteiger partial charge in [0.05, 0.1) is 5.41 Å². The lowest BCUT2D eigenvalue weighted by molar-refractivity contribution is -0.141. The van der Waals surface area contributed by atoms with E-state index in [9.17, 15) is 19.5 Å². The van der Waals surface area contributed by atoms with E-state index in [-0.39, 0.29) is 0 Å². The first kappa shape index (κ1) is 17.2. The van der Waals surface area contributed by atoms with E-state index in [0.29, 0.717) is 11.1 Å². The summed E-state index contributed by atoms with van der Waals surface area (Å²) in [4.78, 5) is 35.8. The minimum absolute atomic E-state index is 0.380. The van der Waals surface area contributed by atoms with Crippen LogP contribution in [0.15, 0.2) is 28.2 Å². The Morgan fingerprint density at radius 1 is 1.30 bits per heavy atom. The van der Waals surface area contributed by atoms with Crippen molar-refractivity contribution < 1.29 is 24.6 Å². The monoisotopic (exact) mass is 381 g/mol. The molecule has 7 heteroatoms. The summed E-state index contributed by atoms with van der Waals surface area (Å²) in [6.45, 7) is 4.59. The molecule has 0 fully saturated rings. The van der Waals surface area contributed by atoms with Gasteiger partial charge in [0.15, 0.2) is 5.78 Å². The van der Waals surface area contributed by atoms with Crippen LogP contribution in [0.2, 0.25) is 0 Å². The number of hydrogen-bond acceptors (Lipinski definition) is 4. The van der Waals surface area contributed by atoms with E-state index >= 15 is 0 Å². The third-order valence-corrected chi connectivity index (χ3v) is 4.38. The Morgan fingerprint density at radius 2 is 1.91 bits per heavy atom. The quantitative estimate of drug-likeness (QED) is 0.696. The molecule has 0 bridgehead atoms. The van der Waals surface area contributed by atoms with Crippen LogP contribution in [0, 0.1) is 0 Å². The summed E-state index contributed by atoms with van der Waals surface area (Å²) in [6, 6.07) is 3.84. The Kier molecular flexibility index (Phi) is 4.34. The lowest BCUT2D eigenvalue weighted by Crippen LogP contribution is -2.45. The second-order valence-corrected chi connectivity index (χ2v) is 6.82. The Hall–Kier alpha value is -2.15. The lowest BCUT2D eigenvalue weighted by Gasteiger charge is -2.32. The zero-order valence-corrected chi connectivity index (χ0v) is 14.4. The largest absolute Gasteiger partial charge is 0.506 e. The number of aliphatic hydroxyl groups excluding tert-OH is 1. The first-order chi connectivity index (χ1) is 10.6. The van der Waals surface area contributed by atoms with Crippen LogP contribution in [0.3, 0.4) is 0 Å². The second kappa shape index (κ2) is 5.81. The van der Waals surface area contributed by atoms with Crippen molar-refractivity contribution in [2.75, 3.05) is 0 Å². The Morgan fingerprint density at radius 3 is 2.48 bits per heavy atom. The van der Waals surface area contributed by atoms with Gasteiger partial charge in [0.25, 0.3) is 5.91 Å². The maximum Gasteiger partial charge on any atom is 0.325 e. The van der Waals surface area contributed by atoms with Crippen molar-refractivity contribution in [3.63, 3.8) is 0 Å². The molecular weight excluding hydrogens is 366 g/mol. The third kappa shape index (κ3) is 2.88. The van der Waals surface area contributed by atoms with Crippen molar-refractivity contribution in [2.24, 2.45) is 0 Å². The van der Waals surface area contributed by atoms with Gasteiger partial charge >= 0.3 is 5.97 Å². The molecule has 0 aliphatic heterocycles. The SMILES string of the molecule is C[C@H](NC(=O)C1=C(O)c2ccc(Br)cc2C(C)(C)C1=O)C(=O)O. The number of fused-ring (bicyclic) bond motifs is 1. The molecule has 1 atom stereocenters. The van der Waals surface area contributed by atoms with E-state index in [4.69, 9.17) is 5.11 Å². The maximum absolute atomic E-state index is 12.7. The average Bonchev–Trinajstić information content (AvgIpc) is 2.45. The highest BCUT2D eigenvalue weighted by Crippen LogP contribution is 2.40. The van der Waals surface area contributed by atoms with Gasteiger partial charge in [-0.3, -0.25) is 14.4 Å². The van der Waals surface area contributed by atoms with Crippen LogP contribution in [0.5, 0.6) is 0 Å². The highest BCUT2D eigenvalue weighted by Gasteiger charge is 2.43. The molecule has 2 rings (SSSR count). The molecule has 3 N–H and O–H groups in total. The van der Waals surface area contributed by atoms with Gasteiger partial charge in [-0.2, -0.15) is 0 Å². The van der Waals surface area contributed by atoms with Crippen LogP contribution < -0.4 is 5.32 Å². The number of aliphatic hydroxyl groups is 1. The molecule has 23 heavy (non-hydrogen) atoms. The first-order valence-electron chi connectivity index (χ1n) is 6.89. The first-order valence-corrected chi connectivity index (χ1v) is 7.68. The number of carboxylic acids is 1. The minimum atomic E-state index is -1.23. The number of halogens is 1. The topological polar surface area (TPSA) is 104 Å². The van der Waals surface area contributed by atoms with Crippen molar-refractivity contribution >= 4 is 39.3 Å². The average molecular weight is 382 g/mol. The van der Waals surface area contributed by atoms with Crippen LogP contribution in [-0.2, 0) is 19.8 Å². The molecular formula is C16H16BrNO5. The molecule has 122 valence electrons. The number of Topliss-reactive ketones (excluding diaryl/α,β-unsaturated/α-hetero) is 1. The van der Waals surface area contributed by atoms with Gasteiger partial charge in [-0.1, -0.05) is 15.9 Å². The van der Waals surface area contributed by atoms with Gasteiger partial charge in [-0.05, 0) is 44.5 Å². The lowest BCUT2D eigenvalue weighted by atomic mass is 9.71. The molecule has 1 aromatic carbocycles. The van der Waals surface area contributed by atoms with Gasteiger partial charge in [-0.15, -0.1) is 0 Å². The summed E-state index contributed by atoms with van der Waals surface area (Å²) in [5, 5.41) is 21.4. The van der Waals surface area contributed by atoms with E-state index in [1.165, 1.54) is 6.92 Å². The third-order valence-electron chi connectivity index (χ3n) is 3.89. The highest BCUT2D eigenvalue weighted by molar-refractivity contribution is 9.10. The Balaban J connectivity index is 2.57. The number of hydrogen-bond donors (Lipinski definition) is 3. The van der Waals surface area contributed by atoms with Crippen molar-refractivity contribution in [1.82, 2.24) is 5.32 Å². The van der Waals surface area contributed by atoms with Gasteiger partial charge in [0.2, 0.25) is 0 Å². The Labute approximate surface area is 141 Å². The van der Waals surface area contributed by atoms with E-state index in [2.05, 4.69) is 21.2 Å². The molecule has 0 unspecified atom stereocenters. The number of benzene rings is 1. The summed E-state index contributed by atoms with van der Waals surface area (Å²) in [5.41, 5.74) is -0.467. The second-order valence-electron chi connectivity index (χ2n) is 5.90. The normalized spacial score (nSPS) is 17.5. The van der Waals surface area contributed by atoms with Gasteiger partial charge in [0.1, 0.15) is 17.4 Å². The number of carbonyl (C=O) groups excluding carboxylic acids is 2. The van der Waals surface area contributed by atoms with Gasteiger partial charge in [0, 0.05) is 10.0 Å². The fraction of sp³-hybridized carbons (Fsp3) is 0.312.